The lowest BCUT2D eigenvalue weighted by Crippen LogP contribution is -2.36. The lowest BCUT2D eigenvalue weighted by atomic mass is 9.72. The molecule has 2 aromatic rings. The topological polar surface area (TPSA) is 74.6 Å². The summed E-state index contributed by atoms with van der Waals surface area (Å²) in [5, 5.41) is 19.5. The molecule has 2 rings (SSSR count). The third kappa shape index (κ3) is 3.82. The Hall–Kier alpha value is -2.62. The molecule has 0 saturated heterocycles. The second-order valence-electron chi connectivity index (χ2n) is 6.13. The molecule has 2 aromatic carbocycles. The van der Waals surface area contributed by atoms with Crippen molar-refractivity contribution >= 4 is 11.9 Å². The van der Waals surface area contributed by atoms with E-state index in [1.165, 1.54) is 0 Å². The smallest absolute Gasteiger partial charge is 0.308 e. The molecule has 0 aromatic heterocycles. The standard InChI is InChI=1S/C20H22O4/c1-13(15-9-5-3-6-10-15)17(19(21)22)18(20(23)24)14(2)16-11-7-4-8-12-16/h3-14,17-18H,1-2H3,(H,21,22)(H,23,24). The predicted octanol–water partition coefficient (Wildman–Crippen LogP) is 4.00. The van der Waals surface area contributed by atoms with E-state index in [0.29, 0.717) is 0 Å². The summed E-state index contributed by atoms with van der Waals surface area (Å²) in [5.74, 6) is -5.00. The third-order valence-corrected chi connectivity index (χ3v) is 4.69. The normalized spacial score (nSPS) is 15.9. The maximum Gasteiger partial charge on any atom is 0.308 e. The molecular formula is C20H22O4. The minimum atomic E-state index is -1.08. The van der Waals surface area contributed by atoms with Crippen molar-refractivity contribution in [3.8, 4) is 0 Å². The summed E-state index contributed by atoms with van der Waals surface area (Å²) in [5.41, 5.74) is 1.66. The molecular weight excluding hydrogens is 304 g/mol. The number of carbonyl (C=O) groups is 2. The van der Waals surface area contributed by atoms with Gasteiger partial charge in [-0.25, -0.2) is 0 Å². The van der Waals surface area contributed by atoms with E-state index in [2.05, 4.69) is 0 Å². The third-order valence-electron chi connectivity index (χ3n) is 4.69. The Bertz CT molecular complexity index is 620. The van der Waals surface area contributed by atoms with E-state index in [9.17, 15) is 19.8 Å². The van der Waals surface area contributed by atoms with Crippen molar-refractivity contribution in [1.29, 1.82) is 0 Å². The van der Waals surface area contributed by atoms with Crippen molar-refractivity contribution in [3.05, 3.63) is 71.8 Å². The summed E-state index contributed by atoms with van der Waals surface area (Å²) < 4.78 is 0. The van der Waals surface area contributed by atoms with Crippen molar-refractivity contribution < 1.29 is 19.8 Å². The van der Waals surface area contributed by atoms with Crippen LogP contribution < -0.4 is 0 Å². The Labute approximate surface area is 141 Å². The number of hydrogen-bond acceptors (Lipinski definition) is 2. The molecule has 4 unspecified atom stereocenters. The molecule has 0 saturated carbocycles. The van der Waals surface area contributed by atoms with Gasteiger partial charge in [-0.2, -0.15) is 0 Å². The van der Waals surface area contributed by atoms with Gasteiger partial charge in [0.05, 0.1) is 11.8 Å². The zero-order valence-electron chi connectivity index (χ0n) is 13.8. The van der Waals surface area contributed by atoms with Crippen molar-refractivity contribution in [1.82, 2.24) is 0 Å². The molecule has 0 bridgehead atoms. The van der Waals surface area contributed by atoms with E-state index >= 15 is 0 Å². The zero-order chi connectivity index (χ0) is 17.7. The van der Waals surface area contributed by atoms with E-state index in [4.69, 9.17) is 0 Å². The molecule has 0 aliphatic rings. The van der Waals surface area contributed by atoms with E-state index in [1.54, 1.807) is 13.8 Å². The van der Waals surface area contributed by atoms with Gasteiger partial charge in [-0.15, -0.1) is 0 Å². The fourth-order valence-corrected chi connectivity index (χ4v) is 3.28. The minimum Gasteiger partial charge on any atom is -0.481 e. The molecule has 4 heteroatoms. The molecule has 126 valence electrons. The van der Waals surface area contributed by atoms with E-state index in [-0.39, 0.29) is 0 Å². The summed E-state index contributed by atoms with van der Waals surface area (Å²) in [7, 11) is 0. The number of aliphatic carboxylic acids is 2. The molecule has 0 aliphatic heterocycles. The maximum atomic E-state index is 11.9. The van der Waals surface area contributed by atoms with Gasteiger partial charge in [-0.05, 0) is 23.0 Å². The monoisotopic (exact) mass is 326 g/mol. The van der Waals surface area contributed by atoms with Crippen LogP contribution in [-0.4, -0.2) is 22.2 Å². The van der Waals surface area contributed by atoms with Gasteiger partial charge in [0.15, 0.2) is 0 Å². The van der Waals surface area contributed by atoms with Crippen LogP contribution in [0.4, 0.5) is 0 Å². The lowest BCUT2D eigenvalue weighted by molar-refractivity contribution is -0.155. The lowest BCUT2D eigenvalue weighted by Gasteiger charge is -2.30. The maximum absolute atomic E-state index is 11.9. The first-order valence-electron chi connectivity index (χ1n) is 7.99. The first kappa shape index (κ1) is 17.7. The van der Waals surface area contributed by atoms with Crippen molar-refractivity contribution in [2.75, 3.05) is 0 Å². The van der Waals surface area contributed by atoms with Crippen LogP contribution in [0.1, 0.15) is 36.8 Å². The molecule has 0 heterocycles. The van der Waals surface area contributed by atoms with Crippen molar-refractivity contribution in [2.24, 2.45) is 11.8 Å². The van der Waals surface area contributed by atoms with Gasteiger partial charge in [-0.3, -0.25) is 9.59 Å². The Kier molecular flexibility index (Phi) is 5.74. The number of carboxylic acids is 2. The Morgan fingerprint density at radius 3 is 1.21 bits per heavy atom. The van der Waals surface area contributed by atoms with Crippen LogP contribution in [-0.2, 0) is 9.59 Å². The second-order valence-corrected chi connectivity index (χ2v) is 6.13. The molecule has 0 radical (unpaired) electrons. The molecule has 0 aliphatic carbocycles. The minimum absolute atomic E-state index is 0.407. The van der Waals surface area contributed by atoms with Crippen LogP contribution >= 0.6 is 0 Å². The fraction of sp³-hybridized carbons (Fsp3) is 0.300. The quantitative estimate of drug-likeness (QED) is 0.806. The highest BCUT2D eigenvalue weighted by atomic mass is 16.4. The molecule has 0 spiro atoms. The van der Waals surface area contributed by atoms with Gasteiger partial charge in [0.2, 0.25) is 0 Å². The van der Waals surface area contributed by atoms with E-state index < -0.39 is 35.6 Å². The van der Waals surface area contributed by atoms with Crippen LogP contribution in [0.2, 0.25) is 0 Å². The van der Waals surface area contributed by atoms with Crippen molar-refractivity contribution in [2.45, 2.75) is 25.7 Å². The second kappa shape index (κ2) is 7.77. The average molecular weight is 326 g/mol. The van der Waals surface area contributed by atoms with Gasteiger partial charge < -0.3 is 10.2 Å². The summed E-state index contributed by atoms with van der Waals surface area (Å²) in [6.45, 7) is 3.56. The molecule has 0 fully saturated rings. The van der Waals surface area contributed by atoms with Gasteiger partial charge in [0.25, 0.3) is 0 Å². The fourth-order valence-electron chi connectivity index (χ4n) is 3.28. The summed E-state index contributed by atoms with van der Waals surface area (Å²) in [4.78, 5) is 23.9. The highest BCUT2D eigenvalue weighted by Gasteiger charge is 2.41. The SMILES string of the molecule is CC(c1ccccc1)C(C(=O)O)C(C(=O)O)C(C)c1ccccc1. The van der Waals surface area contributed by atoms with Gasteiger partial charge in [0.1, 0.15) is 0 Å². The number of rotatable bonds is 7. The van der Waals surface area contributed by atoms with Crippen LogP contribution in [0, 0.1) is 11.8 Å². The number of benzene rings is 2. The van der Waals surface area contributed by atoms with Crippen molar-refractivity contribution in [3.63, 3.8) is 0 Å². The molecule has 4 atom stereocenters. The van der Waals surface area contributed by atoms with Gasteiger partial charge in [0, 0.05) is 0 Å². The van der Waals surface area contributed by atoms with E-state index in [1.807, 2.05) is 60.7 Å². The van der Waals surface area contributed by atoms with Crippen LogP contribution in [0.5, 0.6) is 0 Å². The van der Waals surface area contributed by atoms with Gasteiger partial charge in [-0.1, -0.05) is 74.5 Å². The number of carboxylic acid groups (broad SMARTS) is 2. The molecule has 2 N–H and O–H groups in total. The summed E-state index contributed by atoms with van der Waals surface area (Å²) in [6.07, 6.45) is 0. The first-order chi connectivity index (χ1) is 11.4. The highest BCUT2D eigenvalue weighted by molar-refractivity contribution is 5.81. The highest BCUT2D eigenvalue weighted by Crippen LogP contribution is 2.38. The molecule has 24 heavy (non-hydrogen) atoms. The van der Waals surface area contributed by atoms with E-state index in [0.717, 1.165) is 11.1 Å². The average Bonchev–Trinajstić information content (AvgIpc) is 2.59. The summed E-state index contributed by atoms with van der Waals surface area (Å²) >= 11 is 0. The summed E-state index contributed by atoms with van der Waals surface area (Å²) in [6, 6.07) is 18.4. The van der Waals surface area contributed by atoms with Crippen LogP contribution in [0.3, 0.4) is 0 Å². The Morgan fingerprint density at radius 2 is 0.958 bits per heavy atom. The molecule has 4 nitrogen and oxygen atoms in total. The predicted molar refractivity (Wildman–Crippen MR) is 92.0 cm³/mol. The molecule has 0 amide bonds. The largest absolute Gasteiger partial charge is 0.481 e. The first-order valence-corrected chi connectivity index (χ1v) is 7.99. The Balaban J connectivity index is 2.41. The zero-order valence-corrected chi connectivity index (χ0v) is 13.8. The number of hydrogen-bond donors (Lipinski definition) is 2. The van der Waals surface area contributed by atoms with Crippen LogP contribution in [0.15, 0.2) is 60.7 Å². The Morgan fingerprint density at radius 1 is 0.667 bits per heavy atom. The van der Waals surface area contributed by atoms with Crippen LogP contribution in [0.25, 0.3) is 0 Å². The van der Waals surface area contributed by atoms with Gasteiger partial charge >= 0.3 is 11.9 Å².